The Morgan fingerprint density at radius 2 is 2.35 bits per heavy atom. The second-order valence-electron chi connectivity index (χ2n) is 4.60. The van der Waals surface area contributed by atoms with Crippen LogP contribution in [0.2, 0.25) is 0 Å². The largest absolute Gasteiger partial charge is 0.343 e. The standard InChI is InChI=1S/C13H12FN7OS/c14-9-3-8(1-2-11(9)21-7-15-6-17-21)13(18-12(22)5-23)10-4-16-20-19-10/h1-4,6-7,13,23H,5H2,(H,18,22)(H,16,19,20). The minimum atomic E-state index is -0.632. The van der Waals surface area contributed by atoms with Crippen molar-refractivity contribution in [2.75, 3.05) is 5.75 Å². The molecule has 8 nitrogen and oxygen atoms in total. The zero-order chi connectivity index (χ0) is 16.2. The molecule has 3 rings (SSSR count). The Balaban J connectivity index is 1.96. The second kappa shape index (κ2) is 6.57. The zero-order valence-electron chi connectivity index (χ0n) is 11.7. The highest BCUT2D eigenvalue weighted by Crippen LogP contribution is 2.23. The van der Waals surface area contributed by atoms with Crippen LogP contribution in [-0.2, 0) is 4.79 Å². The number of halogens is 1. The van der Waals surface area contributed by atoms with Gasteiger partial charge in [0, 0.05) is 0 Å². The van der Waals surface area contributed by atoms with Crippen molar-refractivity contribution in [2.45, 2.75) is 6.04 Å². The Morgan fingerprint density at radius 1 is 1.48 bits per heavy atom. The molecule has 2 aromatic heterocycles. The van der Waals surface area contributed by atoms with Crippen LogP contribution in [0.1, 0.15) is 17.3 Å². The summed E-state index contributed by atoms with van der Waals surface area (Å²) < 4.78 is 15.7. The van der Waals surface area contributed by atoms with Crippen LogP contribution < -0.4 is 5.32 Å². The number of nitrogens with one attached hydrogen (secondary N) is 2. The van der Waals surface area contributed by atoms with Crippen LogP contribution in [-0.4, -0.2) is 41.8 Å². The lowest BCUT2D eigenvalue weighted by Gasteiger charge is -2.17. The summed E-state index contributed by atoms with van der Waals surface area (Å²) in [7, 11) is 0. The molecule has 2 heterocycles. The van der Waals surface area contributed by atoms with E-state index in [1.54, 1.807) is 12.1 Å². The topological polar surface area (TPSA) is 101 Å². The van der Waals surface area contributed by atoms with Gasteiger partial charge in [-0.15, -0.1) is 0 Å². The van der Waals surface area contributed by atoms with E-state index >= 15 is 0 Å². The number of benzene rings is 1. The molecule has 23 heavy (non-hydrogen) atoms. The summed E-state index contributed by atoms with van der Waals surface area (Å²) in [5.74, 6) is -0.794. The number of hydrogen-bond acceptors (Lipinski definition) is 6. The van der Waals surface area contributed by atoms with Gasteiger partial charge < -0.3 is 5.32 Å². The van der Waals surface area contributed by atoms with Gasteiger partial charge in [0.2, 0.25) is 5.91 Å². The van der Waals surface area contributed by atoms with Crippen molar-refractivity contribution in [3.63, 3.8) is 0 Å². The van der Waals surface area contributed by atoms with E-state index in [2.05, 4.69) is 43.4 Å². The molecule has 0 aliphatic heterocycles. The normalized spacial score (nSPS) is 12.1. The summed E-state index contributed by atoms with van der Waals surface area (Å²) in [6.45, 7) is 0. The molecule has 1 unspecified atom stereocenters. The summed E-state index contributed by atoms with van der Waals surface area (Å²) in [6.07, 6.45) is 4.18. The lowest BCUT2D eigenvalue weighted by Crippen LogP contribution is -2.30. The van der Waals surface area contributed by atoms with E-state index in [1.165, 1.54) is 29.6 Å². The Kier molecular flexibility index (Phi) is 4.33. The first-order valence-electron chi connectivity index (χ1n) is 6.59. The first kappa shape index (κ1) is 15.2. The van der Waals surface area contributed by atoms with E-state index in [1.807, 2.05) is 0 Å². The van der Waals surface area contributed by atoms with Crippen molar-refractivity contribution in [1.29, 1.82) is 0 Å². The van der Waals surface area contributed by atoms with Gasteiger partial charge in [-0.05, 0) is 17.7 Å². The molecule has 1 atom stereocenters. The first-order valence-corrected chi connectivity index (χ1v) is 7.22. The number of rotatable bonds is 5. The fourth-order valence-corrected chi connectivity index (χ4v) is 2.20. The minimum absolute atomic E-state index is 0.00781. The predicted molar refractivity (Wildman–Crippen MR) is 81.5 cm³/mol. The van der Waals surface area contributed by atoms with Crippen LogP contribution in [0.5, 0.6) is 0 Å². The maximum absolute atomic E-state index is 14.4. The van der Waals surface area contributed by atoms with E-state index in [9.17, 15) is 9.18 Å². The number of aromatic nitrogens is 6. The molecule has 0 aliphatic carbocycles. The smallest absolute Gasteiger partial charge is 0.230 e. The molecule has 0 saturated heterocycles. The predicted octanol–water partition coefficient (Wildman–Crippen LogP) is 0.660. The summed E-state index contributed by atoms with van der Waals surface area (Å²) in [5.41, 5.74) is 1.24. The van der Waals surface area contributed by atoms with Gasteiger partial charge in [-0.1, -0.05) is 6.07 Å². The summed E-state index contributed by atoms with van der Waals surface area (Å²) in [6, 6.07) is 3.92. The Hall–Kier alpha value is -2.75. The number of nitrogens with zero attached hydrogens (tertiary/aromatic N) is 5. The lowest BCUT2D eigenvalue weighted by molar-refractivity contribution is -0.119. The van der Waals surface area contributed by atoms with Crippen LogP contribution in [0.25, 0.3) is 5.69 Å². The van der Waals surface area contributed by atoms with E-state index in [-0.39, 0.29) is 17.3 Å². The quantitative estimate of drug-likeness (QED) is 0.596. The zero-order valence-corrected chi connectivity index (χ0v) is 12.6. The molecule has 2 N–H and O–H groups in total. The molecular formula is C13H12FN7OS. The molecule has 0 radical (unpaired) electrons. The number of thiol groups is 1. The van der Waals surface area contributed by atoms with E-state index < -0.39 is 11.9 Å². The number of amides is 1. The third kappa shape index (κ3) is 3.21. The fourth-order valence-electron chi connectivity index (χ4n) is 2.11. The molecule has 0 aliphatic rings. The minimum Gasteiger partial charge on any atom is -0.343 e. The molecule has 0 fully saturated rings. The molecule has 1 aromatic carbocycles. The van der Waals surface area contributed by atoms with Crippen molar-refractivity contribution in [2.24, 2.45) is 0 Å². The lowest BCUT2D eigenvalue weighted by atomic mass is 10.0. The maximum Gasteiger partial charge on any atom is 0.230 e. The number of carbonyl (C=O) groups excluding carboxylic acids is 1. The van der Waals surface area contributed by atoms with Gasteiger partial charge in [-0.2, -0.15) is 33.1 Å². The molecular weight excluding hydrogens is 321 g/mol. The van der Waals surface area contributed by atoms with Crippen LogP contribution in [0, 0.1) is 5.82 Å². The molecule has 0 saturated carbocycles. The van der Waals surface area contributed by atoms with Crippen LogP contribution in [0.4, 0.5) is 4.39 Å². The third-order valence-electron chi connectivity index (χ3n) is 3.15. The highest BCUT2D eigenvalue weighted by atomic mass is 32.1. The molecule has 3 aromatic rings. The van der Waals surface area contributed by atoms with Gasteiger partial charge in [-0.3, -0.25) is 4.79 Å². The number of carbonyl (C=O) groups is 1. The average molecular weight is 333 g/mol. The fraction of sp³-hybridized carbons (Fsp3) is 0.154. The van der Waals surface area contributed by atoms with Crippen LogP contribution in [0.15, 0.2) is 37.1 Å². The molecule has 118 valence electrons. The first-order chi connectivity index (χ1) is 11.2. The Labute approximate surface area is 135 Å². The van der Waals surface area contributed by atoms with E-state index in [0.29, 0.717) is 11.3 Å². The van der Waals surface area contributed by atoms with Crippen molar-refractivity contribution in [3.8, 4) is 5.69 Å². The Morgan fingerprint density at radius 3 is 2.96 bits per heavy atom. The highest BCUT2D eigenvalue weighted by Gasteiger charge is 2.20. The van der Waals surface area contributed by atoms with Crippen molar-refractivity contribution in [1.82, 2.24) is 35.5 Å². The van der Waals surface area contributed by atoms with Crippen molar-refractivity contribution < 1.29 is 9.18 Å². The highest BCUT2D eigenvalue weighted by molar-refractivity contribution is 7.81. The average Bonchev–Trinajstić information content (AvgIpc) is 3.25. The third-order valence-corrected chi connectivity index (χ3v) is 3.44. The van der Waals surface area contributed by atoms with Crippen LogP contribution in [0.3, 0.4) is 0 Å². The van der Waals surface area contributed by atoms with E-state index in [4.69, 9.17) is 0 Å². The number of H-pyrrole nitrogens is 1. The monoisotopic (exact) mass is 333 g/mol. The number of hydrogen-bond donors (Lipinski definition) is 3. The van der Waals surface area contributed by atoms with Gasteiger partial charge in [0.25, 0.3) is 0 Å². The van der Waals surface area contributed by atoms with Gasteiger partial charge >= 0.3 is 0 Å². The molecule has 0 bridgehead atoms. The van der Waals surface area contributed by atoms with Crippen LogP contribution >= 0.6 is 12.6 Å². The second-order valence-corrected chi connectivity index (χ2v) is 4.92. The molecule has 1 amide bonds. The maximum atomic E-state index is 14.4. The van der Waals surface area contributed by atoms with Crippen molar-refractivity contribution >= 4 is 18.5 Å². The van der Waals surface area contributed by atoms with Gasteiger partial charge in [0.15, 0.2) is 0 Å². The summed E-state index contributed by atoms with van der Waals surface area (Å²) >= 11 is 3.93. The van der Waals surface area contributed by atoms with E-state index in [0.717, 1.165) is 0 Å². The van der Waals surface area contributed by atoms with Gasteiger partial charge in [-0.25, -0.2) is 14.1 Å². The number of aromatic amines is 1. The Bertz CT molecular complexity index is 791. The molecule has 10 heteroatoms. The summed E-state index contributed by atoms with van der Waals surface area (Å²) in [5, 5.41) is 16.8. The summed E-state index contributed by atoms with van der Waals surface area (Å²) in [4.78, 5) is 15.5. The van der Waals surface area contributed by atoms with Gasteiger partial charge in [0.1, 0.15) is 35.9 Å². The molecule has 0 spiro atoms. The van der Waals surface area contributed by atoms with Gasteiger partial charge in [0.05, 0.1) is 11.9 Å². The van der Waals surface area contributed by atoms with Crippen molar-refractivity contribution in [3.05, 3.63) is 54.1 Å². The SMILES string of the molecule is O=C(CS)NC(c1ccc(-n2cncn2)c(F)c1)c1cn[nH]n1.